The quantitative estimate of drug-likeness (QED) is 0.332. The summed E-state index contributed by atoms with van der Waals surface area (Å²) in [5, 5.41) is 10.1. The van der Waals surface area contributed by atoms with Crippen LogP contribution in [0.5, 0.6) is 0 Å². The van der Waals surface area contributed by atoms with E-state index in [0.717, 1.165) is 21.6 Å². The van der Waals surface area contributed by atoms with Crippen molar-refractivity contribution in [2.24, 2.45) is 11.0 Å². The minimum absolute atomic E-state index is 0.134. The van der Waals surface area contributed by atoms with Gasteiger partial charge in [0.1, 0.15) is 6.04 Å². The highest BCUT2D eigenvalue weighted by Gasteiger charge is 2.26. The van der Waals surface area contributed by atoms with Crippen LogP contribution in [0.3, 0.4) is 0 Å². The van der Waals surface area contributed by atoms with Crippen LogP contribution >= 0.6 is 11.3 Å². The summed E-state index contributed by atoms with van der Waals surface area (Å²) in [6.45, 7) is 9.85. The number of nitrogens with zero attached hydrogens (tertiary/aromatic N) is 4. The summed E-state index contributed by atoms with van der Waals surface area (Å²) in [5.41, 5.74) is 10.8. The second kappa shape index (κ2) is 10.9. The molecule has 2 amide bonds. The minimum Gasteiger partial charge on any atom is -0.351 e. The van der Waals surface area contributed by atoms with Crippen LogP contribution in [0.1, 0.15) is 57.5 Å². The SMILES string of the molecule is CC[C@H](C)[C@@H](CN=[N+]=[N-])NC(=O)C(Cc1nc2ccc(C(C)C)cc2s1)NC(C)=O. The molecule has 2 N–H and O–H groups in total. The molecule has 3 atom stereocenters. The van der Waals surface area contributed by atoms with Crippen LogP contribution in [0.2, 0.25) is 0 Å². The fourth-order valence-corrected chi connectivity index (χ4v) is 4.19. The van der Waals surface area contributed by atoms with E-state index in [2.05, 4.69) is 51.6 Å². The maximum absolute atomic E-state index is 13.0. The van der Waals surface area contributed by atoms with Gasteiger partial charge in [-0.05, 0) is 35.1 Å². The van der Waals surface area contributed by atoms with Crippen molar-refractivity contribution in [2.75, 3.05) is 6.54 Å². The molecule has 0 saturated heterocycles. The number of nitrogens with one attached hydrogen (secondary N) is 2. The van der Waals surface area contributed by atoms with Crippen LogP contribution in [0.15, 0.2) is 23.3 Å². The Labute approximate surface area is 181 Å². The summed E-state index contributed by atoms with van der Waals surface area (Å²) >= 11 is 1.54. The summed E-state index contributed by atoms with van der Waals surface area (Å²) in [7, 11) is 0. The molecule has 0 fully saturated rings. The van der Waals surface area contributed by atoms with E-state index in [1.807, 2.05) is 19.9 Å². The number of aromatic nitrogens is 1. The van der Waals surface area contributed by atoms with E-state index in [-0.39, 0.29) is 30.3 Å². The highest BCUT2D eigenvalue weighted by Crippen LogP contribution is 2.27. The molecule has 0 spiro atoms. The lowest BCUT2D eigenvalue weighted by molar-refractivity contribution is -0.128. The maximum atomic E-state index is 13.0. The van der Waals surface area contributed by atoms with Gasteiger partial charge in [0, 0.05) is 30.8 Å². The number of thiazole rings is 1. The monoisotopic (exact) mass is 430 g/mol. The summed E-state index contributed by atoms with van der Waals surface area (Å²) in [6, 6.07) is 5.16. The molecule has 1 aromatic heterocycles. The smallest absolute Gasteiger partial charge is 0.243 e. The van der Waals surface area contributed by atoms with Crippen molar-refractivity contribution in [3.8, 4) is 0 Å². The van der Waals surface area contributed by atoms with Crippen molar-refractivity contribution in [1.82, 2.24) is 15.6 Å². The number of benzene rings is 1. The van der Waals surface area contributed by atoms with E-state index in [9.17, 15) is 9.59 Å². The van der Waals surface area contributed by atoms with Gasteiger partial charge in [0.2, 0.25) is 11.8 Å². The first-order valence-corrected chi connectivity index (χ1v) is 11.0. The second-order valence-corrected chi connectivity index (χ2v) is 8.98. The van der Waals surface area contributed by atoms with Gasteiger partial charge < -0.3 is 10.6 Å². The number of azide groups is 1. The summed E-state index contributed by atoms with van der Waals surface area (Å²) in [5.74, 6) is -0.0278. The Morgan fingerprint density at radius 2 is 2.00 bits per heavy atom. The van der Waals surface area contributed by atoms with Crippen LogP contribution in [0, 0.1) is 5.92 Å². The largest absolute Gasteiger partial charge is 0.351 e. The zero-order chi connectivity index (χ0) is 22.3. The van der Waals surface area contributed by atoms with E-state index >= 15 is 0 Å². The average molecular weight is 431 g/mol. The molecule has 0 aliphatic carbocycles. The van der Waals surface area contributed by atoms with E-state index in [1.54, 1.807) is 0 Å². The fraction of sp³-hybridized carbons (Fsp3) is 0.571. The lowest BCUT2D eigenvalue weighted by Crippen LogP contribution is -2.52. The number of rotatable bonds is 10. The third-order valence-corrected chi connectivity index (χ3v) is 6.24. The number of hydrogen-bond acceptors (Lipinski definition) is 5. The van der Waals surface area contributed by atoms with Gasteiger partial charge in [-0.2, -0.15) is 0 Å². The summed E-state index contributed by atoms with van der Waals surface area (Å²) in [6.07, 6.45) is 1.13. The van der Waals surface area contributed by atoms with Crippen molar-refractivity contribution in [3.05, 3.63) is 39.2 Å². The molecule has 30 heavy (non-hydrogen) atoms. The Morgan fingerprint density at radius 3 is 2.60 bits per heavy atom. The van der Waals surface area contributed by atoms with Crippen LogP contribution in [-0.2, 0) is 16.0 Å². The molecule has 9 heteroatoms. The molecule has 8 nitrogen and oxygen atoms in total. The molecule has 0 saturated carbocycles. The lowest BCUT2D eigenvalue weighted by atomic mass is 9.98. The van der Waals surface area contributed by atoms with Crippen LogP contribution in [0.25, 0.3) is 20.7 Å². The molecule has 2 aromatic rings. The Balaban J connectivity index is 2.21. The van der Waals surface area contributed by atoms with Gasteiger partial charge in [-0.25, -0.2) is 4.98 Å². The van der Waals surface area contributed by atoms with Gasteiger partial charge in [-0.15, -0.1) is 11.3 Å². The van der Waals surface area contributed by atoms with Gasteiger partial charge in [0.25, 0.3) is 0 Å². The van der Waals surface area contributed by atoms with Crippen molar-refractivity contribution < 1.29 is 9.59 Å². The topological polar surface area (TPSA) is 120 Å². The third kappa shape index (κ3) is 6.43. The third-order valence-electron chi connectivity index (χ3n) is 5.20. The molecule has 0 radical (unpaired) electrons. The first-order valence-electron chi connectivity index (χ1n) is 10.2. The van der Waals surface area contributed by atoms with Gasteiger partial charge in [0.15, 0.2) is 0 Å². The van der Waals surface area contributed by atoms with Crippen LogP contribution < -0.4 is 10.6 Å². The molecule has 1 heterocycles. The summed E-state index contributed by atoms with van der Waals surface area (Å²) in [4.78, 5) is 32.1. The molecular weight excluding hydrogens is 400 g/mol. The van der Waals surface area contributed by atoms with Gasteiger partial charge in [0.05, 0.1) is 15.2 Å². The van der Waals surface area contributed by atoms with E-state index in [1.165, 1.54) is 23.8 Å². The standard InChI is InChI=1S/C21H30N6O2S/c1-6-13(4)18(11-23-27-22)26-21(29)17(24-14(5)28)10-20-25-16-8-7-15(12(2)3)9-19(16)30-20/h7-9,12-13,17-18H,6,10-11H2,1-5H3,(H,24,28)(H,26,29)/t13-,17?,18+/m0/s1. The highest BCUT2D eigenvalue weighted by molar-refractivity contribution is 7.18. The Bertz CT molecular complexity index is 935. The molecule has 1 unspecified atom stereocenters. The van der Waals surface area contributed by atoms with E-state index in [0.29, 0.717) is 12.3 Å². The Kier molecular flexibility index (Phi) is 8.62. The maximum Gasteiger partial charge on any atom is 0.243 e. The summed E-state index contributed by atoms with van der Waals surface area (Å²) < 4.78 is 1.07. The van der Waals surface area contributed by atoms with Gasteiger partial charge in [-0.3, -0.25) is 9.59 Å². The van der Waals surface area contributed by atoms with Gasteiger partial charge in [-0.1, -0.05) is 45.3 Å². The first-order chi connectivity index (χ1) is 14.2. The predicted octanol–water partition coefficient (Wildman–Crippen LogP) is 4.31. The van der Waals surface area contributed by atoms with Crippen LogP contribution in [0.4, 0.5) is 0 Å². The average Bonchev–Trinajstić information content (AvgIpc) is 3.10. The molecular formula is C21H30N6O2S. The van der Waals surface area contributed by atoms with Gasteiger partial charge >= 0.3 is 0 Å². The number of hydrogen-bond donors (Lipinski definition) is 2. The molecule has 0 aliphatic rings. The number of amides is 2. The lowest BCUT2D eigenvalue weighted by Gasteiger charge is -2.25. The first kappa shape index (κ1) is 23.6. The van der Waals surface area contributed by atoms with Crippen molar-refractivity contribution >= 4 is 33.4 Å². The number of fused-ring (bicyclic) bond motifs is 1. The number of carbonyl (C=O) groups is 2. The minimum atomic E-state index is -0.745. The predicted molar refractivity (Wildman–Crippen MR) is 120 cm³/mol. The number of carbonyl (C=O) groups excluding carboxylic acids is 2. The van der Waals surface area contributed by atoms with Crippen LogP contribution in [-0.4, -0.2) is 35.4 Å². The molecule has 0 bridgehead atoms. The molecule has 1 aromatic carbocycles. The molecule has 162 valence electrons. The zero-order valence-corrected chi connectivity index (χ0v) is 19.0. The fourth-order valence-electron chi connectivity index (χ4n) is 3.12. The van der Waals surface area contributed by atoms with Crippen molar-refractivity contribution in [2.45, 2.75) is 65.5 Å². The zero-order valence-electron chi connectivity index (χ0n) is 18.2. The van der Waals surface area contributed by atoms with E-state index < -0.39 is 6.04 Å². The second-order valence-electron chi connectivity index (χ2n) is 7.86. The molecule has 0 aliphatic heterocycles. The van der Waals surface area contributed by atoms with Crippen molar-refractivity contribution in [3.63, 3.8) is 0 Å². The Morgan fingerprint density at radius 1 is 1.27 bits per heavy atom. The Hall–Kier alpha value is -2.64. The van der Waals surface area contributed by atoms with Crippen molar-refractivity contribution in [1.29, 1.82) is 0 Å². The van der Waals surface area contributed by atoms with E-state index in [4.69, 9.17) is 5.53 Å². The highest BCUT2D eigenvalue weighted by atomic mass is 32.1. The molecule has 2 rings (SSSR count). The normalized spacial score (nSPS) is 14.1.